The Morgan fingerprint density at radius 3 is 2.65 bits per heavy atom. The smallest absolute Gasteiger partial charge is 0.0398 e. The highest BCUT2D eigenvalue weighted by Gasteiger charge is 2.24. The molecular weight excluding hydrogens is 244 g/mol. The van der Waals surface area contributed by atoms with Crippen molar-refractivity contribution in [3.05, 3.63) is 29.8 Å². The maximum Gasteiger partial charge on any atom is 0.0398 e. The molecule has 0 aromatic heterocycles. The molecule has 1 N–H and O–H groups in total. The summed E-state index contributed by atoms with van der Waals surface area (Å²) < 4.78 is 0. The standard InChI is InChI=1S/C18H30N2/c1-18(2,3)17(19-4)12-14-20-13-8-7-10-15-9-5-6-11-16(15)20/h5-6,9,11,17,19H,7-8,10,12-14H2,1-4H3. The van der Waals surface area contributed by atoms with Gasteiger partial charge in [-0.15, -0.1) is 0 Å². The largest absolute Gasteiger partial charge is 0.371 e. The molecule has 1 atom stereocenters. The number of para-hydroxylation sites is 1. The van der Waals surface area contributed by atoms with E-state index in [1.54, 1.807) is 0 Å². The molecule has 0 saturated heterocycles. The van der Waals surface area contributed by atoms with Crippen LogP contribution in [0.2, 0.25) is 0 Å². The summed E-state index contributed by atoms with van der Waals surface area (Å²) in [5.41, 5.74) is 3.32. The Labute approximate surface area is 124 Å². The fourth-order valence-electron chi connectivity index (χ4n) is 3.30. The SMILES string of the molecule is CNC(CCN1CCCCc2ccccc21)C(C)(C)C. The Balaban J connectivity index is 2.06. The van der Waals surface area contributed by atoms with Crippen molar-refractivity contribution in [2.75, 3.05) is 25.0 Å². The predicted molar refractivity (Wildman–Crippen MR) is 88.5 cm³/mol. The van der Waals surface area contributed by atoms with Crippen LogP contribution in [-0.2, 0) is 6.42 Å². The number of aryl methyl sites for hydroxylation is 1. The second-order valence-corrected chi connectivity index (χ2v) is 7.07. The second-order valence-electron chi connectivity index (χ2n) is 7.07. The topological polar surface area (TPSA) is 15.3 Å². The Morgan fingerprint density at radius 1 is 1.20 bits per heavy atom. The van der Waals surface area contributed by atoms with Crippen LogP contribution in [0.3, 0.4) is 0 Å². The Bertz CT molecular complexity index is 420. The van der Waals surface area contributed by atoms with Crippen LogP contribution >= 0.6 is 0 Å². The molecule has 112 valence electrons. The molecule has 1 aliphatic heterocycles. The lowest BCUT2D eigenvalue weighted by Gasteiger charge is -2.33. The number of fused-ring (bicyclic) bond motifs is 1. The van der Waals surface area contributed by atoms with Gasteiger partial charge in [-0.05, 0) is 49.8 Å². The average molecular weight is 274 g/mol. The molecule has 0 aliphatic carbocycles. The maximum absolute atomic E-state index is 3.49. The van der Waals surface area contributed by atoms with Crippen LogP contribution in [0.15, 0.2) is 24.3 Å². The third kappa shape index (κ3) is 3.76. The van der Waals surface area contributed by atoms with Crippen LogP contribution in [0.25, 0.3) is 0 Å². The fourth-order valence-corrected chi connectivity index (χ4v) is 3.30. The van der Waals surface area contributed by atoms with E-state index in [-0.39, 0.29) is 0 Å². The summed E-state index contributed by atoms with van der Waals surface area (Å²) in [6.07, 6.45) is 5.08. The average Bonchev–Trinajstić information content (AvgIpc) is 2.60. The zero-order chi connectivity index (χ0) is 14.6. The molecule has 0 amide bonds. The molecular formula is C18H30N2. The van der Waals surface area contributed by atoms with Crippen molar-refractivity contribution in [1.82, 2.24) is 5.32 Å². The van der Waals surface area contributed by atoms with Crippen LogP contribution in [0.1, 0.15) is 45.6 Å². The lowest BCUT2D eigenvalue weighted by Crippen LogP contribution is -2.41. The van der Waals surface area contributed by atoms with Crippen molar-refractivity contribution in [2.45, 2.75) is 52.5 Å². The molecule has 2 rings (SSSR count). The highest BCUT2D eigenvalue weighted by molar-refractivity contribution is 5.54. The molecule has 0 spiro atoms. The summed E-state index contributed by atoms with van der Waals surface area (Å²) in [7, 11) is 2.09. The minimum absolute atomic E-state index is 0.320. The van der Waals surface area contributed by atoms with Crippen LogP contribution < -0.4 is 10.2 Å². The van der Waals surface area contributed by atoms with E-state index in [0.29, 0.717) is 11.5 Å². The first kappa shape index (κ1) is 15.4. The van der Waals surface area contributed by atoms with Gasteiger partial charge in [-0.1, -0.05) is 39.0 Å². The van der Waals surface area contributed by atoms with Gasteiger partial charge in [-0.2, -0.15) is 0 Å². The molecule has 0 fully saturated rings. The van der Waals surface area contributed by atoms with Crippen molar-refractivity contribution in [2.24, 2.45) is 5.41 Å². The quantitative estimate of drug-likeness (QED) is 0.897. The van der Waals surface area contributed by atoms with E-state index in [1.165, 1.54) is 43.5 Å². The number of rotatable bonds is 4. The van der Waals surface area contributed by atoms with E-state index >= 15 is 0 Å². The first-order valence-corrected chi connectivity index (χ1v) is 8.02. The van der Waals surface area contributed by atoms with Gasteiger partial charge in [0.2, 0.25) is 0 Å². The summed E-state index contributed by atoms with van der Waals surface area (Å²) in [6, 6.07) is 9.52. The van der Waals surface area contributed by atoms with Gasteiger partial charge < -0.3 is 10.2 Å². The van der Waals surface area contributed by atoms with E-state index in [9.17, 15) is 0 Å². The summed E-state index contributed by atoms with van der Waals surface area (Å²) in [5.74, 6) is 0. The van der Waals surface area contributed by atoms with Crippen molar-refractivity contribution in [3.8, 4) is 0 Å². The number of hydrogen-bond donors (Lipinski definition) is 1. The number of nitrogens with one attached hydrogen (secondary N) is 1. The number of hydrogen-bond acceptors (Lipinski definition) is 2. The highest BCUT2D eigenvalue weighted by atomic mass is 15.1. The fraction of sp³-hybridized carbons (Fsp3) is 0.667. The summed E-state index contributed by atoms with van der Waals surface area (Å²) >= 11 is 0. The Morgan fingerprint density at radius 2 is 1.95 bits per heavy atom. The molecule has 0 bridgehead atoms. The van der Waals surface area contributed by atoms with Gasteiger partial charge in [0.15, 0.2) is 0 Å². The lowest BCUT2D eigenvalue weighted by molar-refractivity contribution is 0.269. The number of benzene rings is 1. The van der Waals surface area contributed by atoms with Crippen molar-refractivity contribution in [3.63, 3.8) is 0 Å². The normalized spacial score (nSPS) is 17.5. The molecule has 2 nitrogen and oxygen atoms in total. The van der Waals surface area contributed by atoms with E-state index in [4.69, 9.17) is 0 Å². The minimum atomic E-state index is 0.320. The number of nitrogens with zero attached hydrogens (tertiary/aromatic N) is 1. The summed E-state index contributed by atoms with van der Waals surface area (Å²) in [5, 5.41) is 3.49. The molecule has 1 aromatic carbocycles. The van der Waals surface area contributed by atoms with Gasteiger partial charge >= 0.3 is 0 Å². The van der Waals surface area contributed by atoms with Crippen LogP contribution in [0.5, 0.6) is 0 Å². The zero-order valence-electron chi connectivity index (χ0n) is 13.6. The van der Waals surface area contributed by atoms with Crippen molar-refractivity contribution < 1.29 is 0 Å². The Kier molecular flexibility index (Phi) is 5.09. The van der Waals surface area contributed by atoms with Crippen molar-refractivity contribution >= 4 is 5.69 Å². The van der Waals surface area contributed by atoms with E-state index in [2.05, 4.69) is 62.3 Å². The third-order valence-electron chi connectivity index (χ3n) is 4.54. The molecule has 0 radical (unpaired) electrons. The second kappa shape index (κ2) is 6.62. The first-order valence-electron chi connectivity index (χ1n) is 8.02. The summed E-state index contributed by atoms with van der Waals surface area (Å²) in [6.45, 7) is 9.33. The summed E-state index contributed by atoms with van der Waals surface area (Å²) in [4.78, 5) is 2.60. The first-order chi connectivity index (χ1) is 9.52. The van der Waals surface area contributed by atoms with Crippen LogP contribution in [0, 0.1) is 5.41 Å². The van der Waals surface area contributed by atoms with E-state index in [0.717, 1.165) is 6.54 Å². The monoisotopic (exact) mass is 274 g/mol. The van der Waals surface area contributed by atoms with Gasteiger partial charge in [0.05, 0.1) is 0 Å². The van der Waals surface area contributed by atoms with Crippen molar-refractivity contribution in [1.29, 1.82) is 0 Å². The van der Waals surface area contributed by atoms with E-state index in [1.807, 2.05) is 0 Å². The predicted octanol–water partition coefficient (Wildman–Crippen LogP) is 3.85. The van der Waals surface area contributed by atoms with Gasteiger partial charge in [0.1, 0.15) is 0 Å². The molecule has 20 heavy (non-hydrogen) atoms. The minimum Gasteiger partial charge on any atom is -0.371 e. The lowest BCUT2D eigenvalue weighted by atomic mass is 9.85. The van der Waals surface area contributed by atoms with Gasteiger partial charge in [-0.3, -0.25) is 0 Å². The van der Waals surface area contributed by atoms with Gasteiger partial charge in [-0.25, -0.2) is 0 Å². The van der Waals surface area contributed by atoms with Gasteiger partial charge in [0, 0.05) is 24.8 Å². The third-order valence-corrected chi connectivity index (χ3v) is 4.54. The zero-order valence-corrected chi connectivity index (χ0v) is 13.6. The molecule has 1 aromatic rings. The number of anilines is 1. The molecule has 0 saturated carbocycles. The molecule has 1 unspecified atom stereocenters. The molecule has 2 heteroatoms. The highest BCUT2D eigenvalue weighted by Crippen LogP contribution is 2.28. The molecule has 1 heterocycles. The molecule has 1 aliphatic rings. The maximum atomic E-state index is 3.49. The van der Waals surface area contributed by atoms with Crippen LogP contribution in [-0.4, -0.2) is 26.2 Å². The van der Waals surface area contributed by atoms with E-state index < -0.39 is 0 Å². The van der Waals surface area contributed by atoms with Crippen LogP contribution in [0.4, 0.5) is 5.69 Å². The Hall–Kier alpha value is -1.02. The van der Waals surface area contributed by atoms with Gasteiger partial charge in [0.25, 0.3) is 0 Å².